The van der Waals surface area contributed by atoms with E-state index < -0.39 is 0 Å². The summed E-state index contributed by atoms with van der Waals surface area (Å²) in [6, 6.07) is 13.0. The van der Waals surface area contributed by atoms with Crippen molar-refractivity contribution in [3.05, 3.63) is 48.2 Å². The van der Waals surface area contributed by atoms with Gasteiger partial charge in [0.25, 0.3) is 0 Å². The van der Waals surface area contributed by atoms with Crippen molar-refractivity contribution in [2.45, 2.75) is 31.3 Å². The van der Waals surface area contributed by atoms with Gasteiger partial charge in [0.1, 0.15) is 5.82 Å². The number of hydrogen-bond acceptors (Lipinski definition) is 3. The van der Waals surface area contributed by atoms with Gasteiger partial charge in [-0.1, -0.05) is 30.3 Å². The second-order valence-electron chi connectivity index (χ2n) is 6.33. The Bertz CT molecular complexity index is 600. The van der Waals surface area contributed by atoms with Gasteiger partial charge >= 0.3 is 0 Å². The molecule has 4 nitrogen and oxygen atoms in total. The molecule has 2 aromatic rings. The number of rotatable bonds is 4. The SMILES string of the molecule is c1ccc(C2(NC[C@@H]3CNc4ccnn4C3)CCC2)cc1. The maximum absolute atomic E-state index is 4.37. The van der Waals surface area contributed by atoms with Crippen molar-refractivity contribution in [3.8, 4) is 0 Å². The second kappa shape index (κ2) is 5.19. The van der Waals surface area contributed by atoms with Crippen LogP contribution in [0.3, 0.4) is 0 Å². The van der Waals surface area contributed by atoms with Gasteiger partial charge in [-0.15, -0.1) is 0 Å². The van der Waals surface area contributed by atoms with Crippen molar-refractivity contribution < 1.29 is 0 Å². The van der Waals surface area contributed by atoms with Gasteiger partial charge in [0.05, 0.1) is 6.20 Å². The Kier molecular flexibility index (Phi) is 3.19. The smallest absolute Gasteiger partial charge is 0.124 e. The number of hydrogen-bond donors (Lipinski definition) is 2. The molecule has 2 N–H and O–H groups in total. The molecule has 21 heavy (non-hydrogen) atoms. The number of nitrogens with one attached hydrogen (secondary N) is 2. The lowest BCUT2D eigenvalue weighted by molar-refractivity contribution is 0.172. The van der Waals surface area contributed by atoms with E-state index in [4.69, 9.17) is 0 Å². The third kappa shape index (κ3) is 2.33. The zero-order valence-electron chi connectivity index (χ0n) is 12.3. The summed E-state index contributed by atoms with van der Waals surface area (Å²) < 4.78 is 2.08. The molecular weight excluding hydrogens is 260 g/mol. The van der Waals surface area contributed by atoms with Crippen molar-refractivity contribution >= 4 is 5.82 Å². The quantitative estimate of drug-likeness (QED) is 0.905. The zero-order valence-corrected chi connectivity index (χ0v) is 12.3. The molecule has 0 bridgehead atoms. The minimum atomic E-state index is 0.214. The van der Waals surface area contributed by atoms with Crippen LogP contribution in [0, 0.1) is 5.92 Å². The minimum Gasteiger partial charge on any atom is -0.370 e. The van der Waals surface area contributed by atoms with E-state index >= 15 is 0 Å². The molecule has 2 heterocycles. The van der Waals surface area contributed by atoms with Crippen LogP contribution < -0.4 is 10.6 Å². The van der Waals surface area contributed by atoms with E-state index in [1.165, 1.54) is 24.8 Å². The van der Waals surface area contributed by atoms with Crippen molar-refractivity contribution in [1.82, 2.24) is 15.1 Å². The molecule has 1 aliphatic carbocycles. The van der Waals surface area contributed by atoms with Crippen LogP contribution in [0.15, 0.2) is 42.6 Å². The topological polar surface area (TPSA) is 41.9 Å². The highest BCUT2D eigenvalue weighted by atomic mass is 15.3. The van der Waals surface area contributed by atoms with Crippen molar-refractivity contribution in [3.63, 3.8) is 0 Å². The summed E-state index contributed by atoms with van der Waals surface area (Å²) in [6.45, 7) is 3.08. The van der Waals surface area contributed by atoms with E-state index in [1.54, 1.807) is 0 Å². The van der Waals surface area contributed by atoms with Gasteiger partial charge in [0, 0.05) is 37.2 Å². The lowest BCUT2D eigenvalue weighted by atomic mass is 9.71. The van der Waals surface area contributed by atoms with Gasteiger partial charge in [0.2, 0.25) is 0 Å². The van der Waals surface area contributed by atoms with Crippen LogP contribution in [0.4, 0.5) is 5.82 Å². The molecule has 1 aromatic carbocycles. The molecule has 1 fully saturated rings. The molecule has 110 valence electrons. The molecule has 4 heteroatoms. The molecule has 1 saturated carbocycles. The summed E-state index contributed by atoms with van der Waals surface area (Å²) in [5, 5.41) is 11.7. The molecule has 0 unspecified atom stereocenters. The fourth-order valence-electron chi connectivity index (χ4n) is 3.52. The zero-order chi connectivity index (χ0) is 14.1. The molecule has 2 aliphatic rings. The third-order valence-corrected chi connectivity index (χ3v) is 4.98. The predicted octanol–water partition coefficient (Wildman–Crippen LogP) is 2.59. The van der Waals surface area contributed by atoms with Gasteiger partial charge in [-0.25, -0.2) is 4.68 Å². The molecule has 1 aromatic heterocycles. The summed E-state index contributed by atoms with van der Waals surface area (Å²) in [5.74, 6) is 1.74. The average molecular weight is 282 g/mol. The average Bonchev–Trinajstić information content (AvgIpc) is 2.95. The highest BCUT2D eigenvalue weighted by Gasteiger charge is 2.38. The predicted molar refractivity (Wildman–Crippen MR) is 84.2 cm³/mol. The lowest BCUT2D eigenvalue weighted by Gasteiger charge is -2.44. The van der Waals surface area contributed by atoms with Gasteiger partial charge in [-0.3, -0.25) is 0 Å². The first kappa shape index (κ1) is 12.9. The highest BCUT2D eigenvalue weighted by Crippen LogP contribution is 2.41. The first-order valence-corrected chi connectivity index (χ1v) is 7.92. The van der Waals surface area contributed by atoms with Crippen molar-refractivity contribution in [1.29, 1.82) is 0 Å². The Morgan fingerprint density at radius 2 is 2.10 bits per heavy atom. The molecule has 0 amide bonds. The summed E-state index contributed by atoms with van der Waals surface area (Å²) in [7, 11) is 0. The van der Waals surface area contributed by atoms with E-state index in [0.717, 1.165) is 25.5 Å². The number of nitrogens with zero attached hydrogens (tertiary/aromatic N) is 2. The number of benzene rings is 1. The monoisotopic (exact) mass is 282 g/mol. The Morgan fingerprint density at radius 1 is 1.24 bits per heavy atom. The largest absolute Gasteiger partial charge is 0.370 e. The summed E-state index contributed by atoms with van der Waals surface area (Å²) >= 11 is 0. The molecule has 1 aliphatic heterocycles. The van der Waals surface area contributed by atoms with E-state index in [9.17, 15) is 0 Å². The number of anilines is 1. The van der Waals surface area contributed by atoms with Gasteiger partial charge in [-0.2, -0.15) is 5.10 Å². The van der Waals surface area contributed by atoms with E-state index in [1.807, 2.05) is 12.3 Å². The molecule has 0 saturated heterocycles. The van der Waals surface area contributed by atoms with Crippen LogP contribution in [0.2, 0.25) is 0 Å². The van der Waals surface area contributed by atoms with E-state index in [-0.39, 0.29) is 5.54 Å². The number of fused-ring (bicyclic) bond motifs is 1. The molecule has 1 atom stereocenters. The third-order valence-electron chi connectivity index (χ3n) is 4.98. The Balaban J connectivity index is 1.42. The van der Waals surface area contributed by atoms with Crippen LogP contribution >= 0.6 is 0 Å². The Labute approximate surface area is 125 Å². The van der Waals surface area contributed by atoms with Crippen LogP contribution in [-0.4, -0.2) is 22.9 Å². The van der Waals surface area contributed by atoms with Crippen molar-refractivity contribution in [2.24, 2.45) is 5.92 Å². The van der Waals surface area contributed by atoms with Crippen LogP contribution in [0.1, 0.15) is 24.8 Å². The van der Waals surface area contributed by atoms with E-state index in [2.05, 4.69) is 50.7 Å². The van der Waals surface area contributed by atoms with Crippen LogP contribution in [0.25, 0.3) is 0 Å². The fourth-order valence-corrected chi connectivity index (χ4v) is 3.52. The molecule has 4 rings (SSSR count). The van der Waals surface area contributed by atoms with Gasteiger partial charge < -0.3 is 10.6 Å². The standard InChI is InChI=1S/C17H22N4/c1-2-5-15(6-3-1)17(8-4-9-17)19-12-14-11-18-16-7-10-20-21(16)13-14/h1-3,5-7,10,14,18-19H,4,8-9,11-13H2/t14-/m0/s1. The van der Waals surface area contributed by atoms with Crippen LogP contribution in [-0.2, 0) is 12.1 Å². The Hall–Kier alpha value is -1.81. The van der Waals surface area contributed by atoms with Crippen LogP contribution in [0.5, 0.6) is 0 Å². The maximum atomic E-state index is 4.37. The maximum Gasteiger partial charge on any atom is 0.124 e. The minimum absolute atomic E-state index is 0.214. The number of aromatic nitrogens is 2. The first-order chi connectivity index (χ1) is 10.4. The summed E-state index contributed by atoms with van der Waals surface area (Å²) in [5.41, 5.74) is 1.66. The van der Waals surface area contributed by atoms with Gasteiger partial charge in [0.15, 0.2) is 0 Å². The Morgan fingerprint density at radius 3 is 2.86 bits per heavy atom. The van der Waals surface area contributed by atoms with Gasteiger partial charge in [-0.05, 0) is 24.8 Å². The fraction of sp³-hybridized carbons (Fsp3) is 0.471. The second-order valence-corrected chi connectivity index (χ2v) is 6.33. The normalized spacial score (nSPS) is 23.0. The molecule has 0 radical (unpaired) electrons. The highest BCUT2D eigenvalue weighted by molar-refractivity contribution is 5.35. The lowest BCUT2D eigenvalue weighted by Crippen LogP contribution is -2.51. The summed E-state index contributed by atoms with van der Waals surface area (Å²) in [4.78, 5) is 0. The van der Waals surface area contributed by atoms with Crippen molar-refractivity contribution in [2.75, 3.05) is 18.4 Å². The molecular formula is C17H22N4. The molecule has 0 spiro atoms. The van der Waals surface area contributed by atoms with E-state index in [0.29, 0.717) is 5.92 Å². The summed E-state index contributed by atoms with van der Waals surface area (Å²) in [6.07, 6.45) is 5.71. The first-order valence-electron chi connectivity index (χ1n) is 7.92.